The molecule has 1 unspecified atom stereocenters. The summed E-state index contributed by atoms with van der Waals surface area (Å²) in [5, 5.41) is 17.3. The van der Waals surface area contributed by atoms with Crippen molar-refractivity contribution in [3.63, 3.8) is 0 Å². The van der Waals surface area contributed by atoms with Crippen molar-refractivity contribution in [3.8, 4) is 6.07 Å². The number of hydrogen-bond donors (Lipinski definition) is 1. The Morgan fingerprint density at radius 3 is 2.82 bits per heavy atom. The Balaban J connectivity index is 2.92. The van der Waals surface area contributed by atoms with Crippen molar-refractivity contribution in [1.29, 1.82) is 5.26 Å². The third-order valence-electron chi connectivity index (χ3n) is 1.37. The zero-order valence-electron chi connectivity index (χ0n) is 6.15. The zero-order valence-corrected chi connectivity index (χ0v) is 6.15. The molecule has 3 nitrogen and oxygen atoms in total. The topological polar surface area (TPSA) is 56.9 Å². The molecule has 0 aliphatic rings. The van der Waals surface area contributed by atoms with E-state index in [1.807, 2.05) is 6.92 Å². The van der Waals surface area contributed by atoms with Gasteiger partial charge in [-0.05, 0) is 13.0 Å². The maximum absolute atomic E-state index is 9.02. The molecule has 11 heavy (non-hydrogen) atoms. The Bertz CT molecular complexity index is 273. The van der Waals surface area contributed by atoms with E-state index >= 15 is 0 Å². The van der Waals surface area contributed by atoms with Crippen LogP contribution in [-0.2, 0) is 0 Å². The summed E-state index contributed by atoms with van der Waals surface area (Å²) in [4.78, 5) is 3.94. The summed E-state index contributed by atoms with van der Waals surface area (Å²) in [7, 11) is 0. The van der Waals surface area contributed by atoms with Gasteiger partial charge in [-0.25, -0.2) is 0 Å². The monoisotopic (exact) mass is 148 g/mol. The van der Waals surface area contributed by atoms with E-state index < -0.39 is 6.10 Å². The van der Waals surface area contributed by atoms with E-state index in [9.17, 15) is 0 Å². The van der Waals surface area contributed by atoms with Crippen molar-refractivity contribution in [2.24, 2.45) is 0 Å². The number of rotatable bonds is 1. The SMILES string of the molecule is Cc1ccc(C(O)C#N)cn1. The minimum Gasteiger partial charge on any atom is -0.374 e. The summed E-state index contributed by atoms with van der Waals surface area (Å²) < 4.78 is 0. The molecule has 0 spiro atoms. The average molecular weight is 148 g/mol. The van der Waals surface area contributed by atoms with Crippen LogP contribution >= 0.6 is 0 Å². The van der Waals surface area contributed by atoms with Crippen LogP contribution in [0.15, 0.2) is 18.3 Å². The molecule has 1 N–H and O–H groups in total. The molecule has 1 atom stereocenters. The van der Waals surface area contributed by atoms with Gasteiger partial charge in [0.05, 0.1) is 6.07 Å². The number of aromatic nitrogens is 1. The molecule has 0 saturated carbocycles. The van der Waals surface area contributed by atoms with E-state index in [2.05, 4.69) is 4.98 Å². The lowest BCUT2D eigenvalue weighted by Gasteiger charge is -1.99. The molecule has 0 saturated heterocycles. The van der Waals surface area contributed by atoms with Crippen molar-refractivity contribution in [3.05, 3.63) is 29.6 Å². The highest BCUT2D eigenvalue weighted by Crippen LogP contribution is 2.09. The third kappa shape index (κ3) is 1.76. The number of hydrogen-bond acceptors (Lipinski definition) is 3. The largest absolute Gasteiger partial charge is 0.374 e. The predicted molar refractivity (Wildman–Crippen MR) is 39.5 cm³/mol. The maximum atomic E-state index is 9.02. The number of pyridine rings is 1. The fourth-order valence-electron chi connectivity index (χ4n) is 0.716. The van der Waals surface area contributed by atoms with Crippen molar-refractivity contribution in [1.82, 2.24) is 4.98 Å². The summed E-state index contributed by atoms with van der Waals surface area (Å²) in [5.41, 5.74) is 1.41. The summed E-state index contributed by atoms with van der Waals surface area (Å²) in [6.07, 6.45) is 0.451. The minimum absolute atomic E-state index is 0.540. The summed E-state index contributed by atoms with van der Waals surface area (Å²) in [6.45, 7) is 1.85. The smallest absolute Gasteiger partial charge is 0.167 e. The predicted octanol–water partition coefficient (Wildman–Crippen LogP) is 0.947. The molecule has 1 aromatic rings. The van der Waals surface area contributed by atoms with Crippen LogP contribution in [0.3, 0.4) is 0 Å². The Morgan fingerprint density at radius 2 is 2.36 bits per heavy atom. The van der Waals surface area contributed by atoms with E-state index in [0.29, 0.717) is 5.56 Å². The highest BCUT2D eigenvalue weighted by atomic mass is 16.3. The number of aliphatic hydroxyl groups is 1. The van der Waals surface area contributed by atoms with Gasteiger partial charge in [-0.1, -0.05) is 6.07 Å². The van der Waals surface area contributed by atoms with Gasteiger partial charge in [-0.2, -0.15) is 5.26 Å². The molecule has 0 fully saturated rings. The fourth-order valence-corrected chi connectivity index (χ4v) is 0.716. The lowest BCUT2D eigenvalue weighted by molar-refractivity contribution is 0.235. The van der Waals surface area contributed by atoms with Crippen molar-refractivity contribution < 1.29 is 5.11 Å². The van der Waals surface area contributed by atoms with E-state index in [-0.39, 0.29) is 0 Å². The lowest BCUT2D eigenvalue weighted by Crippen LogP contribution is -1.94. The van der Waals surface area contributed by atoms with Crippen LogP contribution in [0.1, 0.15) is 17.4 Å². The maximum Gasteiger partial charge on any atom is 0.167 e. The Hall–Kier alpha value is -1.40. The highest BCUT2D eigenvalue weighted by Gasteiger charge is 2.03. The quantitative estimate of drug-likeness (QED) is 0.603. The van der Waals surface area contributed by atoms with Crippen LogP contribution in [-0.4, -0.2) is 10.1 Å². The van der Waals surface area contributed by atoms with E-state index in [1.54, 1.807) is 18.2 Å². The highest BCUT2D eigenvalue weighted by molar-refractivity contribution is 5.19. The number of nitrogens with zero attached hydrogens (tertiary/aromatic N) is 2. The number of nitriles is 1. The standard InChI is InChI=1S/C8H8N2O/c1-6-2-3-7(5-10-6)8(11)4-9/h2-3,5,8,11H,1H3. The normalized spacial score (nSPS) is 12.1. The van der Waals surface area contributed by atoms with Crippen LogP contribution < -0.4 is 0 Å². The van der Waals surface area contributed by atoms with Gasteiger partial charge in [0.2, 0.25) is 0 Å². The second kappa shape index (κ2) is 3.13. The lowest BCUT2D eigenvalue weighted by atomic mass is 10.2. The van der Waals surface area contributed by atoms with Gasteiger partial charge in [0.25, 0.3) is 0 Å². The minimum atomic E-state index is -1.05. The van der Waals surface area contributed by atoms with Crippen LogP contribution in [0, 0.1) is 18.3 Å². The number of aliphatic hydroxyl groups excluding tert-OH is 1. The molecule has 0 aliphatic heterocycles. The van der Waals surface area contributed by atoms with E-state index in [1.165, 1.54) is 6.20 Å². The first-order chi connectivity index (χ1) is 5.24. The van der Waals surface area contributed by atoms with E-state index in [0.717, 1.165) is 5.69 Å². The molecule has 56 valence electrons. The van der Waals surface area contributed by atoms with Crippen LogP contribution in [0.25, 0.3) is 0 Å². The van der Waals surface area contributed by atoms with Crippen LogP contribution in [0.5, 0.6) is 0 Å². The van der Waals surface area contributed by atoms with E-state index in [4.69, 9.17) is 10.4 Å². The molecule has 1 aromatic heterocycles. The molecular formula is C8H8N2O. The van der Waals surface area contributed by atoms with Gasteiger partial charge >= 0.3 is 0 Å². The van der Waals surface area contributed by atoms with Gasteiger partial charge in [-0.3, -0.25) is 4.98 Å². The fraction of sp³-hybridized carbons (Fsp3) is 0.250. The molecule has 0 aliphatic carbocycles. The van der Waals surface area contributed by atoms with Crippen LogP contribution in [0.4, 0.5) is 0 Å². The average Bonchev–Trinajstić information content (AvgIpc) is 2.05. The molecule has 1 heterocycles. The summed E-state index contributed by atoms with van der Waals surface area (Å²) >= 11 is 0. The third-order valence-corrected chi connectivity index (χ3v) is 1.37. The first kappa shape index (κ1) is 7.70. The molecular weight excluding hydrogens is 140 g/mol. The van der Waals surface area contributed by atoms with Gasteiger partial charge in [-0.15, -0.1) is 0 Å². The molecule has 0 amide bonds. The number of aryl methyl sites for hydroxylation is 1. The summed E-state index contributed by atoms with van der Waals surface area (Å²) in [6, 6.07) is 5.17. The molecule has 0 bridgehead atoms. The Kier molecular flexibility index (Phi) is 2.19. The molecule has 3 heteroatoms. The van der Waals surface area contributed by atoms with Crippen LogP contribution in [0.2, 0.25) is 0 Å². The van der Waals surface area contributed by atoms with Gasteiger partial charge in [0.1, 0.15) is 0 Å². The Morgan fingerprint density at radius 1 is 1.64 bits per heavy atom. The second-order valence-electron chi connectivity index (χ2n) is 2.26. The zero-order chi connectivity index (χ0) is 8.27. The van der Waals surface area contributed by atoms with Gasteiger partial charge < -0.3 is 5.11 Å². The van der Waals surface area contributed by atoms with Crippen molar-refractivity contribution in [2.75, 3.05) is 0 Å². The molecule has 0 aromatic carbocycles. The first-order valence-corrected chi connectivity index (χ1v) is 3.24. The van der Waals surface area contributed by atoms with Crippen molar-refractivity contribution >= 4 is 0 Å². The van der Waals surface area contributed by atoms with Gasteiger partial charge in [0.15, 0.2) is 6.10 Å². The Labute approximate surface area is 64.9 Å². The summed E-state index contributed by atoms with van der Waals surface area (Å²) in [5.74, 6) is 0. The molecule has 0 radical (unpaired) electrons. The van der Waals surface area contributed by atoms with Gasteiger partial charge in [0, 0.05) is 17.5 Å². The van der Waals surface area contributed by atoms with Crippen molar-refractivity contribution in [2.45, 2.75) is 13.0 Å². The first-order valence-electron chi connectivity index (χ1n) is 3.24. The molecule has 1 rings (SSSR count). The second-order valence-corrected chi connectivity index (χ2v) is 2.26.